The molecule has 0 atom stereocenters. The summed E-state index contributed by atoms with van der Waals surface area (Å²) >= 11 is 3.04. The summed E-state index contributed by atoms with van der Waals surface area (Å²) in [5.74, 6) is -1.04. The zero-order valence-electron chi connectivity index (χ0n) is 10.6. The van der Waals surface area contributed by atoms with Gasteiger partial charge in [0.15, 0.2) is 5.75 Å². The number of rotatable bonds is 6. The summed E-state index contributed by atoms with van der Waals surface area (Å²) in [6, 6.07) is 3.92. The van der Waals surface area contributed by atoms with Crippen molar-refractivity contribution < 1.29 is 27.4 Å². The molecule has 0 bridgehead atoms. The van der Waals surface area contributed by atoms with Crippen LogP contribution < -0.4 is 10.1 Å². The molecule has 1 N–H and O–H groups in total. The van der Waals surface area contributed by atoms with Crippen molar-refractivity contribution in [2.45, 2.75) is 19.7 Å². The Hall–Kier alpha value is -1.28. The highest BCUT2D eigenvalue weighted by molar-refractivity contribution is 9.10. The van der Waals surface area contributed by atoms with Gasteiger partial charge in [0.25, 0.3) is 0 Å². The molecule has 0 aliphatic rings. The van der Waals surface area contributed by atoms with E-state index in [1.807, 2.05) is 6.92 Å². The summed E-state index contributed by atoms with van der Waals surface area (Å²) in [6.07, 6.45) is -4.09. The van der Waals surface area contributed by atoms with Gasteiger partial charge in [-0.15, -0.1) is 13.2 Å². The number of carbonyl (C=O) groups is 1. The monoisotopic (exact) mass is 355 g/mol. The minimum atomic E-state index is -4.83. The Labute approximate surface area is 122 Å². The standard InChI is InChI=1S/C12H13BrF3NO3/c1-2-5-19-7-11(18)17-9-4-3-8(13)6-10(9)20-12(14,15)16/h3-4,6H,2,5,7H2,1H3,(H,17,18). The normalized spacial score (nSPS) is 11.2. The van der Waals surface area contributed by atoms with Crippen LogP contribution in [0.3, 0.4) is 0 Å². The minimum absolute atomic E-state index is 0.0735. The van der Waals surface area contributed by atoms with Gasteiger partial charge in [0.2, 0.25) is 5.91 Å². The van der Waals surface area contributed by atoms with Gasteiger partial charge in [-0.25, -0.2) is 0 Å². The Balaban J connectivity index is 2.76. The zero-order valence-corrected chi connectivity index (χ0v) is 12.2. The van der Waals surface area contributed by atoms with Gasteiger partial charge in [0.1, 0.15) is 6.61 Å². The van der Waals surface area contributed by atoms with Gasteiger partial charge in [0.05, 0.1) is 5.69 Å². The highest BCUT2D eigenvalue weighted by atomic mass is 79.9. The van der Waals surface area contributed by atoms with E-state index in [0.717, 1.165) is 12.5 Å². The lowest BCUT2D eigenvalue weighted by molar-refractivity contribution is -0.274. The van der Waals surface area contributed by atoms with Crippen LogP contribution in [0.1, 0.15) is 13.3 Å². The van der Waals surface area contributed by atoms with Crippen LogP contribution in [0.5, 0.6) is 5.75 Å². The van der Waals surface area contributed by atoms with Gasteiger partial charge in [-0.2, -0.15) is 0 Å². The summed E-state index contributed by atoms with van der Waals surface area (Å²) in [5, 5.41) is 2.31. The summed E-state index contributed by atoms with van der Waals surface area (Å²) in [7, 11) is 0. The van der Waals surface area contributed by atoms with Gasteiger partial charge in [0, 0.05) is 11.1 Å². The molecule has 0 spiro atoms. The molecule has 1 rings (SSSR count). The third-order valence-corrected chi connectivity index (χ3v) is 2.52. The van der Waals surface area contributed by atoms with Crippen LogP contribution in [0.4, 0.5) is 18.9 Å². The minimum Gasteiger partial charge on any atom is -0.404 e. The second kappa shape index (κ2) is 7.49. The lowest BCUT2D eigenvalue weighted by atomic mass is 10.3. The first kappa shape index (κ1) is 16.8. The summed E-state index contributed by atoms with van der Waals surface area (Å²) < 4.78 is 46.0. The molecule has 8 heteroatoms. The van der Waals surface area contributed by atoms with E-state index < -0.39 is 18.0 Å². The Morgan fingerprint density at radius 1 is 1.40 bits per heavy atom. The Morgan fingerprint density at radius 2 is 2.10 bits per heavy atom. The maximum Gasteiger partial charge on any atom is 0.573 e. The SMILES string of the molecule is CCCOCC(=O)Nc1ccc(Br)cc1OC(F)(F)F. The topological polar surface area (TPSA) is 47.6 Å². The van der Waals surface area contributed by atoms with Crippen molar-refractivity contribution in [1.29, 1.82) is 0 Å². The smallest absolute Gasteiger partial charge is 0.404 e. The van der Waals surface area contributed by atoms with Crippen LogP contribution in [0, 0.1) is 0 Å². The van der Waals surface area contributed by atoms with Crippen LogP contribution >= 0.6 is 15.9 Å². The molecule has 0 saturated heterocycles. The predicted octanol–water partition coefficient (Wildman–Crippen LogP) is 3.71. The molecule has 1 amide bonds. The number of carbonyl (C=O) groups excluding carboxylic acids is 1. The van der Waals surface area contributed by atoms with Crippen molar-refractivity contribution in [3.63, 3.8) is 0 Å². The molecule has 0 aliphatic heterocycles. The number of nitrogens with one attached hydrogen (secondary N) is 1. The number of benzene rings is 1. The molecular formula is C12H13BrF3NO3. The summed E-state index contributed by atoms with van der Waals surface area (Å²) in [6.45, 7) is 2.05. The molecule has 20 heavy (non-hydrogen) atoms. The fourth-order valence-electron chi connectivity index (χ4n) is 1.30. The molecule has 1 aromatic carbocycles. The van der Waals surface area contributed by atoms with Crippen molar-refractivity contribution in [2.75, 3.05) is 18.5 Å². The Morgan fingerprint density at radius 3 is 2.70 bits per heavy atom. The number of hydrogen-bond donors (Lipinski definition) is 1. The number of halogens is 4. The molecule has 0 heterocycles. The quantitative estimate of drug-likeness (QED) is 0.791. The lowest BCUT2D eigenvalue weighted by Gasteiger charge is -2.14. The second-order valence-electron chi connectivity index (χ2n) is 3.79. The van der Waals surface area contributed by atoms with E-state index in [1.54, 1.807) is 0 Å². The number of hydrogen-bond acceptors (Lipinski definition) is 3. The third kappa shape index (κ3) is 6.25. The molecule has 0 unspecified atom stereocenters. The Bertz CT molecular complexity index is 466. The molecule has 112 valence electrons. The molecule has 0 aromatic heterocycles. The number of alkyl halides is 3. The van der Waals surface area contributed by atoms with Crippen molar-refractivity contribution in [2.24, 2.45) is 0 Å². The average molecular weight is 356 g/mol. The summed E-state index contributed by atoms with van der Waals surface area (Å²) in [4.78, 5) is 11.5. The largest absolute Gasteiger partial charge is 0.573 e. The van der Waals surface area contributed by atoms with E-state index in [-0.39, 0.29) is 12.3 Å². The molecule has 1 aromatic rings. The van der Waals surface area contributed by atoms with E-state index in [1.165, 1.54) is 12.1 Å². The first-order valence-electron chi connectivity index (χ1n) is 5.74. The molecule has 0 radical (unpaired) electrons. The second-order valence-corrected chi connectivity index (χ2v) is 4.70. The first-order chi connectivity index (χ1) is 9.31. The predicted molar refractivity (Wildman–Crippen MR) is 70.6 cm³/mol. The van der Waals surface area contributed by atoms with Gasteiger partial charge in [-0.05, 0) is 24.6 Å². The number of anilines is 1. The van der Waals surface area contributed by atoms with E-state index in [9.17, 15) is 18.0 Å². The van der Waals surface area contributed by atoms with E-state index >= 15 is 0 Å². The van der Waals surface area contributed by atoms with Crippen LogP contribution in [-0.2, 0) is 9.53 Å². The highest BCUT2D eigenvalue weighted by Gasteiger charge is 2.32. The van der Waals surface area contributed by atoms with Gasteiger partial charge < -0.3 is 14.8 Å². The maximum absolute atomic E-state index is 12.3. The van der Waals surface area contributed by atoms with Crippen LogP contribution in [-0.4, -0.2) is 25.5 Å². The average Bonchev–Trinajstić information content (AvgIpc) is 2.31. The van der Waals surface area contributed by atoms with Gasteiger partial charge in [-0.3, -0.25) is 4.79 Å². The fraction of sp³-hybridized carbons (Fsp3) is 0.417. The zero-order chi connectivity index (χ0) is 15.2. The number of ether oxygens (including phenoxy) is 2. The summed E-state index contributed by atoms with van der Waals surface area (Å²) in [5.41, 5.74) is -0.0735. The maximum atomic E-state index is 12.3. The molecule has 4 nitrogen and oxygen atoms in total. The molecule has 0 fully saturated rings. The number of amides is 1. The van der Waals surface area contributed by atoms with Crippen molar-refractivity contribution in [1.82, 2.24) is 0 Å². The molecule has 0 aliphatic carbocycles. The van der Waals surface area contributed by atoms with E-state index in [0.29, 0.717) is 11.1 Å². The van der Waals surface area contributed by atoms with Crippen LogP contribution in [0.25, 0.3) is 0 Å². The van der Waals surface area contributed by atoms with E-state index in [4.69, 9.17) is 4.74 Å². The van der Waals surface area contributed by atoms with Gasteiger partial charge in [-0.1, -0.05) is 22.9 Å². The third-order valence-electron chi connectivity index (χ3n) is 2.03. The first-order valence-corrected chi connectivity index (χ1v) is 6.54. The van der Waals surface area contributed by atoms with E-state index in [2.05, 4.69) is 26.0 Å². The van der Waals surface area contributed by atoms with Crippen LogP contribution in [0.15, 0.2) is 22.7 Å². The highest BCUT2D eigenvalue weighted by Crippen LogP contribution is 2.32. The lowest BCUT2D eigenvalue weighted by Crippen LogP contribution is -2.21. The van der Waals surface area contributed by atoms with Crippen molar-refractivity contribution in [3.05, 3.63) is 22.7 Å². The van der Waals surface area contributed by atoms with Gasteiger partial charge >= 0.3 is 6.36 Å². The van der Waals surface area contributed by atoms with Crippen molar-refractivity contribution in [3.8, 4) is 5.75 Å². The Kier molecular flexibility index (Phi) is 6.28. The van der Waals surface area contributed by atoms with Crippen LogP contribution in [0.2, 0.25) is 0 Å². The fourth-order valence-corrected chi connectivity index (χ4v) is 1.64. The molecule has 0 saturated carbocycles. The molecular weight excluding hydrogens is 343 g/mol. The van der Waals surface area contributed by atoms with Crippen molar-refractivity contribution >= 4 is 27.5 Å².